The van der Waals surface area contributed by atoms with Crippen LogP contribution in [0.1, 0.15) is 19.3 Å². The van der Waals surface area contributed by atoms with Gasteiger partial charge in [-0.05, 0) is 30.8 Å². The summed E-state index contributed by atoms with van der Waals surface area (Å²) in [5.74, 6) is 0.365. The molecule has 1 saturated carbocycles. The second-order valence-corrected chi connectivity index (χ2v) is 6.05. The van der Waals surface area contributed by atoms with Gasteiger partial charge in [0.1, 0.15) is 18.3 Å². The fourth-order valence-electron chi connectivity index (χ4n) is 3.73. The Balaban J connectivity index is 1.85. The third-order valence-corrected chi connectivity index (χ3v) is 4.97. The Morgan fingerprint density at radius 3 is 2.95 bits per heavy atom. The average Bonchev–Trinajstić information content (AvgIpc) is 3.04. The summed E-state index contributed by atoms with van der Waals surface area (Å²) in [7, 11) is 0. The van der Waals surface area contributed by atoms with Crippen molar-refractivity contribution < 1.29 is 4.74 Å². The minimum absolute atomic E-state index is 0.246. The molecule has 1 aromatic heterocycles. The van der Waals surface area contributed by atoms with Gasteiger partial charge in [0, 0.05) is 0 Å². The van der Waals surface area contributed by atoms with E-state index in [9.17, 15) is 0 Å². The van der Waals surface area contributed by atoms with Crippen molar-refractivity contribution >= 4 is 0 Å². The molecule has 3 atom stereocenters. The quantitative estimate of drug-likeness (QED) is 0.810. The first-order valence-corrected chi connectivity index (χ1v) is 7.33. The molecule has 2 fully saturated rings. The van der Waals surface area contributed by atoms with Gasteiger partial charge < -0.3 is 10.5 Å². The van der Waals surface area contributed by atoms with E-state index in [0.717, 1.165) is 19.3 Å². The largest absolute Gasteiger partial charge is 0.369 e. The van der Waals surface area contributed by atoms with E-state index in [1.54, 1.807) is 18.7 Å². The van der Waals surface area contributed by atoms with Crippen LogP contribution in [0, 0.1) is 5.92 Å². The van der Waals surface area contributed by atoms with Crippen LogP contribution < -0.4 is 5.73 Å². The van der Waals surface area contributed by atoms with Crippen molar-refractivity contribution in [3.8, 4) is 0 Å². The molecule has 21 heavy (non-hydrogen) atoms. The molecule has 2 N–H and O–H groups in total. The summed E-state index contributed by atoms with van der Waals surface area (Å²) in [5, 5.41) is 4.21. The van der Waals surface area contributed by atoms with E-state index in [2.05, 4.69) is 23.2 Å². The number of nitrogens with two attached hydrogens (primary N) is 1. The average molecular weight is 286 g/mol. The van der Waals surface area contributed by atoms with Crippen LogP contribution in [0.3, 0.4) is 0 Å². The van der Waals surface area contributed by atoms with Gasteiger partial charge in [-0.1, -0.05) is 31.4 Å². The Morgan fingerprint density at radius 1 is 1.52 bits per heavy atom. The summed E-state index contributed by atoms with van der Waals surface area (Å²) in [6.07, 6.45) is 11.9. The van der Waals surface area contributed by atoms with E-state index in [1.165, 1.54) is 5.57 Å². The molecule has 0 spiro atoms. The fraction of sp³-hybridized carbons (Fsp3) is 0.500. The van der Waals surface area contributed by atoms with Crippen LogP contribution in [0.15, 0.2) is 49.6 Å². The molecule has 2 unspecified atom stereocenters. The van der Waals surface area contributed by atoms with Gasteiger partial charge >= 0.3 is 0 Å². The molecular weight excluding hydrogens is 264 g/mol. The van der Waals surface area contributed by atoms with Gasteiger partial charge in [-0.2, -0.15) is 5.10 Å². The second kappa shape index (κ2) is 5.24. The van der Waals surface area contributed by atoms with Crippen molar-refractivity contribution in [2.45, 2.75) is 36.9 Å². The Labute approximate surface area is 125 Å². The highest BCUT2D eigenvalue weighted by molar-refractivity contribution is 5.26. The number of fused-ring (bicyclic) bond motifs is 1. The lowest BCUT2D eigenvalue weighted by atomic mass is 9.72. The van der Waals surface area contributed by atoms with E-state index < -0.39 is 0 Å². The molecule has 2 aliphatic rings. The Hall–Kier alpha value is -1.72. The Morgan fingerprint density at radius 2 is 2.38 bits per heavy atom. The van der Waals surface area contributed by atoms with Gasteiger partial charge in [-0.25, -0.2) is 9.67 Å². The molecule has 2 heterocycles. The smallest absolute Gasteiger partial charge is 0.137 e. The number of ether oxygens (including phenoxy) is 1. The van der Waals surface area contributed by atoms with Crippen molar-refractivity contribution in [2.24, 2.45) is 11.7 Å². The van der Waals surface area contributed by atoms with Crippen LogP contribution in [0.5, 0.6) is 0 Å². The highest BCUT2D eigenvalue weighted by Crippen LogP contribution is 2.54. The second-order valence-electron chi connectivity index (χ2n) is 6.05. The summed E-state index contributed by atoms with van der Waals surface area (Å²) in [4.78, 5) is 4.01. The number of aromatic nitrogens is 3. The van der Waals surface area contributed by atoms with Crippen LogP contribution in [0.2, 0.25) is 0 Å². The van der Waals surface area contributed by atoms with Crippen LogP contribution in [-0.4, -0.2) is 32.5 Å². The highest BCUT2D eigenvalue weighted by atomic mass is 16.5. The van der Waals surface area contributed by atoms with Crippen molar-refractivity contribution in [1.82, 2.24) is 14.8 Å². The Kier molecular flexibility index (Phi) is 3.55. The first-order valence-electron chi connectivity index (χ1n) is 7.33. The first-order chi connectivity index (χ1) is 10.1. The van der Waals surface area contributed by atoms with Crippen LogP contribution in [0.25, 0.3) is 0 Å². The normalized spacial score (nSPS) is 35.1. The molecule has 0 bridgehead atoms. The minimum Gasteiger partial charge on any atom is -0.369 e. The number of hydrogen-bond acceptors (Lipinski definition) is 4. The maximum atomic E-state index is 6.59. The lowest BCUT2D eigenvalue weighted by molar-refractivity contribution is -0.230. The lowest BCUT2D eigenvalue weighted by Gasteiger charge is -2.55. The van der Waals surface area contributed by atoms with E-state index in [1.807, 2.05) is 16.8 Å². The summed E-state index contributed by atoms with van der Waals surface area (Å²) in [6.45, 7) is 8.94. The molecular formula is C16H22N4O. The summed E-state index contributed by atoms with van der Waals surface area (Å²) < 4.78 is 7.88. The third kappa shape index (κ3) is 2.17. The van der Waals surface area contributed by atoms with Gasteiger partial charge in [0.25, 0.3) is 0 Å². The SMILES string of the molecule is C=C/C=C(\C=C)C[C@H]1CCC2(N)COC12Cn1cncn1. The van der Waals surface area contributed by atoms with E-state index in [-0.39, 0.29) is 11.1 Å². The van der Waals surface area contributed by atoms with Gasteiger partial charge in [0.2, 0.25) is 0 Å². The maximum absolute atomic E-state index is 6.59. The molecule has 112 valence electrons. The molecule has 0 radical (unpaired) electrons. The molecule has 1 aliphatic heterocycles. The van der Waals surface area contributed by atoms with Crippen LogP contribution in [0.4, 0.5) is 0 Å². The van der Waals surface area contributed by atoms with Gasteiger partial charge in [0.05, 0.1) is 18.7 Å². The predicted molar refractivity (Wildman–Crippen MR) is 81.4 cm³/mol. The van der Waals surface area contributed by atoms with Crippen LogP contribution >= 0.6 is 0 Å². The van der Waals surface area contributed by atoms with E-state index in [4.69, 9.17) is 10.5 Å². The third-order valence-electron chi connectivity index (χ3n) is 4.97. The van der Waals surface area contributed by atoms with E-state index >= 15 is 0 Å². The summed E-state index contributed by atoms with van der Waals surface area (Å²) in [5.41, 5.74) is 7.17. The summed E-state index contributed by atoms with van der Waals surface area (Å²) in [6, 6.07) is 0. The lowest BCUT2D eigenvalue weighted by Crippen LogP contribution is -2.74. The number of hydrogen-bond donors (Lipinski definition) is 1. The number of rotatable bonds is 6. The monoisotopic (exact) mass is 286 g/mol. The Bertz CT molecular complexity index is 565. The zero-order valence-corrected chi connectivity index (χ0v) is 12.2. The molecule has 5 heteroatoms. The van der Waals surface area contributed by atoms with Gasteiger partial charge in [-0.15, -0.1) is 0 Å². The highest BCUT2D eigenvalue weighted by Gasteiger charge is 2.66. The summed E-state index contributed by atoms with van der Waals surface area (Å²) >= 11 is 0. The van der Waals surface area contributed by atoms with Crippen molar-refractivity contribution in [1.29, 1.82) is 0 Å². The zero-order valence-electron chi connectivity index (χ0n) is 12.2. The molecule has 1 aliphatic carbocycles. The predicted octanol–water partition coefficient (Wildman–Crippen LogP) is 1.84. The van der Waals surface area contributed by atoms with Crippen molar-refractivity contribution in [3.05, 3.63) is 49.6 Å². The number of nitrogens with zero attached hydrogens (tertiary/aromatic N) is 3. The minimum atomic E-state index is -0.343. The van der Waals surface area contributed by atoms with Gasteiger partial charge in [0.15, 0.2) is 0 Å². The first kappa shape index (κ1) is 14.2. The van der Waals surface area contributed by atoms with Gasteiger partial charge in [-0.3, -0.25) is 0 Å². The molecule has 5 nitrogen and oxygen atoms in total. The number of allylic oxidation sites excluding steroid dienone is 4. The van der Waals surface area contributed by atoms with Crippen LogP contribution in [-0.2, 0) is 11.3 Å². The van der Waals surface area contributed by atoms with Crippen molar-refractivity contribution in [2.75, 3.05) is 6.61 Å². The molecule has 1 saturated heterocycles. The van der Waals surface area contributed by atoms with E-state index in [0.29, 0.717) is 19.1 Å². The standard InChI is InChI=1S/C16H22N4O/c1-3-5-13(4-2)8-14-6-7-15(17)10-21-16(14,15)9-20-12-18-11-19-20/h3-5,11-12,14H,1-2,6-10,17H2/b13-5+/t14-,15?,16?/m1/s1. The zero-order chi connectivity index (χ0) is 14.9. The maximum Gasteiger partial charge on any atom is 0.137 e. The molecule has 1 aromatic rings. The topological polar surface area (TPSA) is 66.0 Å². The van der Waals surface area contributed by atoms with Crippen molar-refractivity contribution in [3.63, 3.8) is 0 Å². The molecule has 3 rings (SSSR count). The molecule has 0 aromatic carbocycles. The molecule has 0 amide bonds. The fourth-order valence-corrected chi connectivity index (χ4v) is 3.73.